The lowest BCUT2D eigenvalue weighted by Crippen LogP contribution is -2.03. The first-order valence-electron chi connectivity index (χ1n) is 6.19. The predicted octanol–water partition coefficient (Wildman–Crippen LogP) is 3.17. The summed E-state index contributed by atoms with van der Waals surface area (Å²) in [5, 5.41) is 0. The normalized spacial score (nSPS) is 10.4. The van der Waals surface area contributed by atoms with Crippen LogP contribution in [0, 0.1) is 6.92 Å². The molecular weight excluding hydrogens is 222 g/mol. The molecule has 0 aliphatic carbocycles. The van der Waals surface area contributed by atoms with Crippen LogP contribution in [0.25, 0.3) is 11.1 Å². The van der Waals surface area contributed by atoms with E-state index in [9.17, 15) is 0 Å². The van der Waals surface area contributed by atoms with Crippen LogP contribution in [0.3, 0.4) is 0 Å². The molecule has 0 atom stereocenters. The van der Waals surface area contributed by atoms with Gasteiger partial charge in [-0.3, -0.25) is 0 Å². The number of hydrogen-bond acceptors (Lipinski definition) is 2. The van der Waals surface area contributed by atoms with E-state index >= 15 is 0 Å². The molecule has 2 aromatic carbocycles. The molecule has 0 aliphatic heterocycles. The van der Waals surface area contributed by atoms with Gasteiger partial charge in [-0.2, -0.15) is 0 Å². The molecule has 0 radical (unpaired) electrons. The minimum Gasteiger partial charge on any atom is -0.496 e. The molecule has 2 rings (SSSR count). The van der Waals surface area contributed by atoms with Crippen LogP contribution in [0.5, 0.6) is 5.75 Å². The van der Waals surface area contributed by atoms with Crippen LogP contribution < -0.4 is 10.5 Å². The van der Waals surface area contributed by atoms with E-state index in [2.05, 4.69) is 43.3 Å². The zero-order valence-corrected chi connectivity index (χ0v) is 10.9. The molecule has 0 aromatic heterocycles. The molecule has 2 heteroatoms. The maximum absolute atomic E-state index is 5.62. The molecule has 2 nitrogen and oxygen atoms in total. The van der Waals surface area contributed by atoms with Crippen LogP contribution in [0.2, 0.25) is 0 Å². The number of hydrogen-bond donors (Lipinski definition) is 1. The van der Waals surface area contributed by atoms with Crippen LogP contribution in [-0.2, 0) is 6.42 Å². The Morgan fingerprint density at radius 1 is 1.06 bits per heavy atom. The molecule has 0 aliphatic rings. The molecular formula is C16H19NO. The van der Waals surface area contributed by atoms with Gasteiger partial charge in [0.2, 0.25) is 0 Å². The van der Waals surface area contributed by atoms with Gasteiger partial charge in [-0.25, -0.2) is 0 Å². The van der Waals surface area contributed by atoms with Crippen molar-refractivity contribution in [2.75, 3.05) is 13.7 Å². The van der Waals surface area contributed by atoms with Crippen molar-refractivity contribution in [2.24, 2.45) is 5.73 Å². The average molecular weight is 241 g/mol. The molecule has 0 bridgehead atoms. The smallest absolute Gasteiger partial charge is 0.126 e. The van der Waals surface area contributed by atoms with Gasteiger partial charge in [-0.15, -0.1) is 0 Å². The van der Waals surface area contributed by atoms with Crippen molar-refractivity contribution in [1.82, 2.24) is 0 Å². The average Bonchev–Trinajstić information content (AvgIpc) is 2.40. The zero-order chi connectivity index (χ0) is 13.0. The highest BCUT2D eigenvalue weighted by molar-refractivity contribution is 5.73. The summed E-state index contributed by atoms with van der Waals surface area (Å²) in [5.74, 6) is 0.907. The van der Waals surface area contributed by atoms with E-state index in [0.29, 0.717) is 6.54 Å². The number of ether oxygens (including phenoxy) is 1. The molecule has 2 N–H and O–H groups in total. The van der Waals surface area contributed by atoms with Gasteiger partial charge < -0.3 is 10.5 Å². The van der Waals surface area contributed by atoms with Gasteiger partial charge in [0.05, 0.1) is 7.11 Å². The summed E-state index contributed by atoms with van der Waals surface area (Å²) in [4.78, 5) is 0. The molecule has 0 fully saturated rings. The van der Waals surface area contributed by atoms with Crippen molar-refractivity contribution in [3.05, 3.63) is 53.6 Å². The largest absolute Gasteiger partial charge is 0.496 e. The van der Waals surface area contributed by atoms with E-state index in [0.717, 1.165) is 17.7 Å². The number of rotatable bonds is 4. The summed E-state index contributed by atoms with van der Waals surface area (Å²) in [7, 11) is 1.71. The topological polar surface area (TPSA) is 35.2 Å². The molecule has 0 spiro atoms. The molecule has 94 valence electrons. The molecule has 0 heterocycles. The fourth-order valence-corrected chi connectivity index (χ4v) is 2.16. The maximum atomic E-state index is 5.62. The van der Waals surface area contributed by atoms with Gasteiger partial charge in [-0.1, -0.05) is 30.3 Å². The van der Waals surface area contributed by atoms with Crippen LogP contribution in [-0.4, -0.2) is 13.7 Å². The lowest BCUT2D eigenvalue weighted by atomic mass is 9.97. The van der Waals surface area contributed by atoms with Crippen LogP contribution >= 0.6 is 0 Å². The van der Waals surface area contributed by atoms with Gasteiger partial charge >= 0.3 is 0 Å². The third-order valence-electron chi connectivity index (χ3n) is 3.13. The third-order valence-corrected chi connectivity index (χ3v) is 3.13. The highest BCUT2D eigenvalue weighted by atomic mass is 16.5. The lowest BCUT2D eigenvalue weighted by molar-refractivity contribution is 0.416. The molecule has 2 aromatic rings. The molecule has 0 amide bonds. The Bertz CT molecular complexity index is 534. The SMILES string of the molecule is COc1ccc(CCN)cc1-c1ccccc1C. The summed E-state index contributed by atoms with van der Waals surface area (Å²) in [6.07, 6.45) is 0.892. The first-order chi connectivity index (χ1) is 8.76. The molecule has 0 saturated carbocycles. The predicted molar refractivity (Wildman–Crippen MR) is 75.9 cm³/mol. The molecule has 18 heavy (non-hydrogen) atoms. The minimum absolute atomic E-state index is 0.666. The van der Waals surface area contributed by atoms with Crippen LogP contribution in [0.15, 0.2) is 42.5 Å². The number of methoxy groups -OCH3 is 1. The Kier molecular flexibility index (Phi) is 4.00. The minimum atomic E-state index is 0.666. The van der Waals surface area contributed by atoms with E-state index in [1.165, 1.54) is 16.7 Å². The van der Waals surface area contributed by atoms with Gasteiger partial charge in [0.25, 0.3) is 0 Å². The van der Waals surface area contributed by atoms with E-state index in [1.807, 2.05) is 6.07 Å². The number of nitrogens with two attached hydrogens (primary N) is 1. The maximum Gasteiger partial charge on any atom is 0.126 e. The van der Waals surface area contributed by atoms with E-state index < -0.39 is 0 Å². The van der Waals surface area contributed by atoms with E-state index in [1.54, 1.807) is 7.11 Å². The first kappa shape index (κ1) is 12.7. The Morgan fingerprint density at radius 2 is 1.83 bits per heavy atom. The summed E-state index contributed by atoms with van der Waals surface area (Å²) in [6.45, 7) is 2.78. The van der Waals surface area contributed by atoms with Gasteiger partial charge in [-0.05, 0) is 48.7 Å². The van der Waals surface area contributed by atoms with Gasteiger partial charge in [0, 0.05) is 5.56 Å². The Balaban J connectivity index is 2.53. The Hall–Kier alpha value is -1.80. The fourth-order valence-electron chi connectivity index (χ4n) is 2.16. The standard InChI is InChI=1S/C16H19NO/c1-12-5-3-4-6-14(12)15-11-13(9-10-17)7-8-16(15)18-2/h3-8,11H,9-10,17H2,1-2H3. The second-order valence-electron chi connectivity index (χ2n) is 4.39. The summed E-state index contributed by atoms with van der Waals surface area (Å²) in [6, 6.07) is 14.6. The van der Waals surface area contributed by atoms with Crippen molar-refractivity contribution in [1.29, 1.82) is 0 Å². The van der Waals surface area contributed by atoms with Gasteiger partial charge in [0.15, 0.2) is 0 Å². The second kappa shape index (κ2) is 5.69. The Morgan fingerprint density at radius 3 is 2.50 bits per heavy atom. The van der Waals surface area contributed by atoms with E-state index in [-0.39, 0.29) is 0 Å². The van der Waals surface area contributed by atoms with Crippen molar-refractivity contribution >= 4 is 0 Å². The number of aryl methyl sites for hydroxylation is 1. The van der Waals surface area contributed by atoms with Crippen molar-refractivity contribution in [2.45, 2.75) is 13.3 Å². The van der Waals surface area contributed by atoms with Crippen molar-refractivity contribution in [3.63, 3.8) is 0 Å². The zero-order valence-electron chi connectivity index (χ0n) is 10.9. The Labute approximate surface area is 108 Å². The van der Waals surface area contributed by atoms with Crippen molar-refractivity contribution in [3.8, 4) is 16.9 Å². The highest BCUT2D eigenvalue weighted by Gasteiger charge is 2.08. The lowest BCUT2D eigenvalue weighted by Gasteiger charge is -2.12. The molecule has 0 unspecified atom stereocenters. The number of benzene rings is 2. The van der Waals surface area contributed by atoms with Crippen LogP contribution in [0.1, 0.15) is 11.1 Å². The second-order valence-corrected chi connectivity index (χ2v) is 4.39. The summed E-state index contributed by atoms with van der Waals surface area (Å²) < 4.78 is 5.46. The van der Waals surface area contributed by atoms with Gasteiger partial charge in [0.1, 0.15) is 5.75 Å². The molecule has 0 saturated heterocycles. The van der Waals surface area contributed by atoms with E-state index in [4.69, 9.17) is 10.5 Å². The fraction of sp³-hybridized carbons (Fsp3) is 0.250. The van der Waals surface area contributed by atoms with Crippen LogP contribution in [0.4, 0.5) is 0 Å². The first-order valence-corrected chi connectivity index (χ1v) is 6.19. The summed E-state index contributed by atoms with van der Waals surface area (Å²) in [5.41, 5.74) is 10.5. The third kappa shape index (κ3) is 2.54. The monoisotopic (exact) mass is 241 g/mol. The quantitative estimate of drug-likeness (QED) is 0.892. The summed E-state index contributed by atoms with van der Waals surface area (Å²) >= 11 is 0. The highest BCUT2D eigenvalue weighted by Crippen LogP contribution is 2.32. The van der Waals surface area contributed by atoms with Crippen molar-refractivity contribution < 1.29 is 4.74 Å².